The molecule has 20 heavy (non-hydrogen) atoms. The molecule has 108 valence electrons. The highest BCUT2D eigenvalue weighted by Crippen LogP contribution is 2.49. The highest BCUT2D eigenvalue weighted by atomic mass is 19.2. The van der Waals surface area contributed by atoms with E-state index in [0.29, 0.717) is 18.7 Å². The van der Waals surface area contributed by atoms with E-state index in [4.69, 9.17) is 0 Å². The molecule has 0 spiro atoms. The van der Waals surface area contributed by atoms with Crippen LogP contribution in [-0.4, -0.2) is 29.1 Å². The molecule has 2 atom stereocenters. The van der Waals surface area contributed by atoms with Gasteiger partial charge in [0.2, 0.25) is 0 Å². The Kier molecular flexibility index (Phi) is 3.24. The van der Waals surface area contributed by atoms with Gasteiger partial charge in [0.25, 0.3) is 0 Å². The van der Waals surface area contributed by atoms with Crippen molar-refractivity contribution >= 4 is 5.97 Å². The smallest absolute Gasteiger partial charge is 0.311 e. The van der Waals surface area contributed by atoms with E-state index >= 15 is 0 Å². The molecule has 0 amide bonds. The minimum Gasteiger partial charge on any atom is -0.481 e. The monoisotopic (exact) mass is 281 g/mol. The lowest BCUT2D eigenvalue weighted by molar-refractivity contribution is -0.149. The molecule has 5 heteroatoms. The summed E-state index contributed by atoms with van der Waals surface area (Å²) in [6.45, 7) is 1.71. The summed E-state index contributed by atoms with van der Waals surface area (Å²) in [5.41, 5.74) is 0.0582. The van der Waals surface area contributed by atoms with Crippen LogP contribution in [0, 0.1) is 23.0 Å². The van der Waals surface area contributed by atoms with Crippen molar-refractivity contribution in [2.45, 2.75) is 25.8 Å². The van der Waals surface area contributed by atoms with Crippen LogP contribution in [0.3, 0.4) is 0 Å². The van der Waals surface area contributed by atoms with Gasteiger partial charge in [-0.3, -0.25) is 9.69 Å². The average molecular weight is 281 g/mol. The van der Waals surface area contributed by atoms with Crippen molar-refractivity contribution in [1.82, 2.24) is 4.90 Å². The number of halogens is 2. The second-order valence-electron chi connectivity index (χ2n) is 5.97. The van der Waals surface area contributed by atoms with Gasteiger partial charge in [0, 0.05) is 19.6 Å². The Bertz CT molecular complexity index is 549. The molecule has 0 radical (unpaired) electrons. The normalized spacial score (nSPS) is 29.6. The average Bonchev–Trinajstić information content (AvgIpc) is 2.91. The number of aliphatic carboxylic acids is 1. The van der Waals surface area contributed by atoms with Crippen LogP contribution in [0.15, 0.2) is 18.2 Å². The summed E-state index contributed by atoms with van der Waals surface area (Å²) in [5.74, 6) is -2.23. The molecular formula is C15H17F2NO2. The molecule has 1 saturated heterocycles. The summed E-state index contributed by atoms with van der Waals surface area (Å²) >= 11 is 0. The van der Waals surface area contributed by atoms with Crippen molar-refractivity contribution in [2.75, 3.05) is 13.1 Å². The summed E-state index contributed by atoms with van der Waals surface area (Å²) in [6.07, 6.45) is 2.64. The lowest BCUT2D eigenvalue weighted by atomic mass is 9.81. The molecule has 3 rings (SSSR count). The predicted octanol–water partition coefficient (Wildman–Crippen LogP) is 2.65. The van der Waals surface area contributed by atoms with Crippen molar-refractivity contribution in [3.63, 3.8) is 0 Å². The van der Waals surface area contributed by atoms with E-state index in [1.807, 2.05) is 4.90 Å². The Labute approximate surface area is 116 Å². The van der Waals surface area contributed by atoms with Gasteiger partial charge < -0.3 is 5.11 Å². The fraction of sp³-hybridized carbons (Fsp3) is 0.533. The maximum Gasteiger partial charge on any atom is 0.311 e. The number of carboxylic acid groups (broad SMARTS) is 1. The van der Waals surface area contributed by atoms with Gasteiger partial charge >= 0.3 is 5.97 Å². The van der Waals surface area contributed by atoms with Crippen LogP contribution in [0.25, 0.3) is 0 Å². The Balaban J connectivity index is 1.74. The van der Waals surface area contributed by atoms with E-state index < -0.39 is 23.0 Å². The van der Waals surface area contributed by atoms with Crippen LogP contribution in [0.4, 0.5) is 8.78 Å². The predicted molar refractivity (Wildman–Crippen MR) is 69.0 cm³/mol. The van der Waals surface area contributed by atoms with Crippen molar-refractivity contribution in [1.29, 1.82) is 0 Å². The van der Waals surface area contributed by atoms with Crippen LogP contribution < -0.4 is 0 Å². The van der Waals surface area contributed by atoms with E-state index in [2.05, 4.69) is 0 Å². The standard InChI is InChI=1S/C15H17F2NO2/c16-12-4-3-10(6-13(12)17)7-18-8-11-2-1-5-15(11,9-18)14(19)20/h3-4,6,11H,1-2,5,7-9H2,(H,19,20)/t11-,15+/m0/s1. The third kappa shape index (κ3) is 2.10. The topological polar surface area (TPSA) is 40.5 Å². The van der Waals surface area contributed by atoms with Gasteiger partial charge in [0.1, 0.15) is 0 Å². The molecule has 1 heterocycles. The van der Waals surface area contributed by atoms with Crippen molar-refractivity contribution in [3.05, 3.63) is 35.4 Å². The number of carbonyl (C=O) groups is 1. The van der Waals surface area contributed by atoms with E-state index in [-0.39, 0.29) is 5.92 Å². The summed E-state index contributed by atoms with van der Waals surface area (Å²) in [4.78, 5) is 13.6. The minimum absolute atomic E-state index is 0.185. The van der Waals surface area contributed by atoms with Gasteiger partial charge in [-0.05, 0) is 36.5 Å². The Morgan fingerprint density at radius 2 is 2.20 bits per heavy atom. The SMILES string of the molecule is O=C(O)[C@@]12CCC[C@H]1CN(Cc1ccc(F)c(F)c1)C2. The first-order valence-electron chi connectivity index (χ1n) is 6.91. The summed E-state index contributed by atoms with van der Waals surface area (Å²) in [5, 5.41) is 9.50. The fourth-order valence-corrected chi connectivity index (χ4v) is 3.76. The Morgan fingerprint density at radius 1 is 1.40 bits per heavy atom. The highest BCUT2D eigenvalue weighted by molar-refractivity contribution is 5.76. The van der Waals surface area contributed by atoms with Crippen LogP contribution >= 0.6 is 0 Å². The number of fused-ring (bicyclic) bond motifs is 1. The largest absolute Gasteiger partial charge is 0.481 e. The van der Waals surface area contributed by atoms with E-state index in [0.717, 1.165) is 31.9 Å². The first kappa shape index (κ1) is 13.5. The molecule has 0 bridgehead atoms. The molecule has 1 aromatic carbocycles. The second-order valence-corrected chi connectivity index (χ2v) is 5.97. The summed E-state index contributed by atoms with van der Waals surface area (Å²) in [7, 11) is 0. The van der Waals surface area contributed by atoms with E-state index in [1.165, 1.54) is 6.07 Å². The first-order chi connectivity index (χ1) is 9.51. The molecule has 1 aliphatic carbocycles. The molecular weight excluding hydrogens is 264 g/mol. The zero-order chi connectivity index (χ0) is 14.3. The lowest BCUT2D eigenvalue weighted by Crippen LogP contribution is -2.35. The molecule has 2 fully saturated rings. The third-order valence-electron chi connectivity index (χ3n) is 4.76. The zero-order valence-electron chi connectivity index (χ0n) is 11.1. The molecule has 0 unspecified atom stereocenters. The van der Waals surface area contributed by atoms with Gasteiger partial charge in [-0.1, -0.05) is 12.5 Å². The molecule has 1 aromatic rings. The van der Waals surface area contributed by atoms with Gasteiger partial charge in [-0.2, -0.15) is 0 Å². The lowest BCUT2D eigenvalue weighted by Gasteiger charge is -2.23. The molecule has 0 aromatic heterocycles. The minimum atomic E-state index is -0.853. The second kappa shape index (κ2) is 4.81. The van der Waals surface area contributed by atoms with Gasteiger partial charge in [0.15, 0.2) is 11.6 Å². The van der Waals surface area contributed by atoms with Crippen LogP contribution in [0.5, 0.6) is 0 Å². The van der Waals surface area contributed by atoms with Gasteiger partial charge in [-0.15, -0.1) is 0 Å². The maximum atomic E-state index is 13.2. The van der Waals surface area contributed by atoms with Crippen LogP contribution in [0.2, 0.25) is 0 Å². The number of carboxylic acids is 1. The Morgan fingerprint density at radius 3 is 2.85 bits per heavy atom. The van der Waals surface area contributed by atoms with Crippen molar-refractivity contribution in [3.8, 4) is 0 Å². The van der Waals surface area contributed by atoms with Crippen molar-refractivity contribution < 1.29 is 18.7 Å². The number of rotatable bonds is 3. The van der Waals surface area contributed by atoms with Crippen LogP contribution in [-0.2, 0) is 11.3 Å². The first-order valence-corrected chi connectivity index (χ1v) is 6.91. The number of hydrogen-bond acceptors (Lipinski definition) is 2. The molecule has 2 aliphatic rings. The van der Waals surface area contributed by atoms with E-state index in [1.54, 1.807) is 6.07 Å². The highest BCUT2D eigenvalue weighted by Gasteiger charge is 2.54. The molecule has 3 nitrogen and oxygen atoms in total. The van der Waals surface area contributed by atoms with E-state index in [9.17, 15) is 18.7 Å². The quantitative estimate of drug-likeness (QED) is 0.926. The third-order valence-corrected chi connectivity index (χ3v) is 4.76. The molecule has 1 aliphatic heterocycles. The number of benzene rings is 1. The molecule has 1 saturated carbocycles. The number of hydrogen-bond donors (Lipinski definition) is 1. The van der Waals surface area contributed by atoms with Crippen molar-refractivity contribution in [2.24, 2.45) is 11.3 Å². The maximum absolute atomic E-state index is 13.2. The summed E-state index contributed by atoms with van der Waals surface area (Å²) in [6, 6.07) is 3.87. The summed E-state index contributed by atoms with van der Waals surface area (Å²) < 4.78 is 26.1. The Hall–Kier alpha value is -1.49. The zero-order valence-corrected chi connectivity index (χ0v) is 11.1. The number of nitrogens with zero attached hydrogens (tertiary/aromatic N) is 1. The van der Waals surface area contributed by atoms with Gasteiger partial charge in [-0.25, -0.2) is 8.78 Å². The van der Waals surface area contributed by atoms with Gasteiger partial charge in [0.05, 0.1) is 5.41 Å². The number of likely N-dealkylation sites (tertiary alicyclic amines) is 1. The van der Waals surface area contributed by atoms with Crippen LogP contribution in [0.1, 0.15) is 24.8 Å². The fourth-order valence-electron chi connectivity index (χ4n) is 3.76. The molecule has 1 N–H and O–H groups in total.